The Morgan fingerprint density at radius 3 is 2.61 bits per heavy atom. The number of H-pyrrole nitrogens is 1. The van der Waals surface area contributed by atoms with Gasteiger partial charge in [0.25, 0.3) is 11.5 Å². The van der Waals surface area contributed by atoms with Crippen molar-refractivity contribution in [1.29, 1.82) is 0 Å². The van der Waals surface area contributed by atoms with Gasteiger partial charge in [0.2, 0.25) is 0 Å². The predicted molar refractivity (Wildman–Crippen MR) is 143 cm³/mol. The van der Waals surface area contributed by atoms with E-state index < -0.39 is 5.82 Å². The van der Waals surface area contributed by atoms with Gasteiger partial charge in [0.05, 0.1) is 28.4 Å². The van der Waals surface area contributed by atoms with Crippen LogP contribution in [0.4, 0.5) is 10.2 Å². The van der Waals surface area contributed by atoms with Crippen LogP contribution in [0.25, 0.3) is 27.6 Å². The van der Waals surface area contributed by atoms with Crippen LogP contribution in [-0.2, 0) is 6.54 Å². The first-order valence-electron chi connectivity index (χ1n) is 12.5. The minimum absolute atomic E-state index is 0.164. The SMILES string of the molecule is CNC(=O)c1ccc2nc(C)c(N3CCN(Cc4cc(F)c5c(c4)[nH]c(=O)c4c(C)cnn45)CC3)nc2c1. The van der Waals surface area contributed by atoms with E-state index in [4.69, 9.17) is 9.97 Å². The highest BCUT2D eigenvalue weighted by atomic mass is 19.1. The molecule has 0 bridgehead atoms. The molecule has 1 saturated heterocycles. The van der Waals surface area contributed by atoms with Crippen molar-refractivity contribution in [3.05, 3.63) is 75.1 Å². The number of benzene rings is 2. The normalized spacial score (nSPS) is 14.6. The molecule has 2 N–H and O–H groups in total. The Labute approximate surface area is 217 Å². The number of aryl methyl sites for hydroxylation is 2. The van der Waals surface area contributed by atoms with Crippen LogP contribution in [0.1, 0.15) is 27.2 Å². The molecule has 0 saturated carbocycles. The smallest absolute Gasteiger partial charge is 0.274 e. The maximum atomic E-state index is 15.2. The van der Waals surface area contributed by atoms with Crippen LogP contribution in [0.3, 0.4) is 0 Å². The molecule has 0 radical (unpaired) electrons. The number of halogens is 1. The van der Waals surface area contributed by atoms with Gasteiger partial charge in [-0.05, 0) is 49.7 Å². The van der Waals surface area contributed by atoms with Gasteiger partial charge in [-0.2, -0.15) is 5.10 Å². The van der Waals surface area contributed by atoms with Gasteiger partial charge in [-0.1, -0.05) is 0 Å². The number of carbonyl (C=O) groups is 1. The number of hydrogen-bond donors (Lipinski definition) is 2. The van der Waals surface area contributed by atoms with Crippen LogP contribution in [0, 0.1) is 19.7 Å². The number of rotatable bonds is 4. The molecule has 0 unspecified atom stereocenters. The molecule has 10 nitrogen and oxygen atoms in total. The van der Waals surface area contributed by atoms with Crippen molar-refractivity contribution in [2.24, 2.45) is 0 Å². The summed E-state index contributed by atoms with van der Waals surface area (Å²) in [4.78, 5) is 41.4. The number of carbonyl (C=O) groups excluding carboxylic acids is 1. The molecule has 0 atom stereocenters. The number of amides is 1. The molecule has 5 aromatic rings. The number of aromatic nitrogens is 5. The Morgan fingerprint density at radius 1 is 1.05 bits per heavy atom. The predicted octanol–water partition coefficient (Wildman–Crippen LogP) is 2.56. The molecule has 0 spiro atoms. The van der Waals surface area contributed by atoms with E-state index in [1.54, 1.807) is 32.3 Å². The molecule has 2 aromatic carbocycles. The Hall–Kier alpha value is -4.38. The molecule has 1 aliphatic rings. The molecule has 0 aliphatic carbocycles. The van der Waals surface area contributed by atoms with E-state index in [0.717, 1.165) is 48.8 Å². The number of piperazine rings is 1. The number of hydrogen-bond acceptors (Lipinski definition) is 7. The molecule has 3 aromatic heterocycles. The van der Waals surface area contributed by atoms with Crippen LogP contribution < -0.4 is 15.8 Å². The van der Waals surface area contributed by atoms with E-state index in [1.807, 2.05) is 19.1 Å². The topological polar surface area (TPSA) is 112 Å². The zero-order valence-electron chi connectivity index (χ0n) is 21.4. The first-order chi connectivity index (χ1) is 18.3. The molecule has 6 rings (SSSR count). The van der Waals surface area contributed by atoms with E-state index >= 15 is 4.39 Å². The minimum atomic E-state index is -0.418. The molecule has 38 heavy (non-hydrogen) atoms. The first kappa shape index (κ1) is 24.0. The number of aromatic amines is 1. The molecule has 1 fully saturated rings. The van der Waals surface area contributed by atoms with Crippen molar-refractivity contribution >= 4 is 39.3 Å². The van der Waals surface area contributed by atoms with E-state index in [-0.39, 0.29) is 17.0 Å². The minimum Gasteiger partial charge on any atom is -0.355 e. The maximum Gasteiger partial charge on any atom is 0.274 e. The largest absolute Gasteiger partial charge is 0.355 e. The average molecular weight is 515 g/mol. The second-order valence-corrected chi connectivity index (χ2v) is 9.69. The summed E-state index contributed by atoms with van der Waals surface area (Å²) in [5, 5.41) is 6.84. The van der Waals surface area contributed by atoms with Crippen molar-refractivity contribution < 1.29 is 9.18 Å². The van der Waals surface area contributed by atoms with Crippen molar-refractivity contribution in [2.75, 3.05) is 38.1 Å². The Kier molecular flexibility index (Phi) is 5.79. The Bertz CT molecular complexity index is 1790. The fraction of sp³-hybridized carbons (Fsp3) is 0.296. The molecule has 11 heteroatoms. The lowest BCUT2D eigenvalue weighted by molar-refractivity contribution is 0.0963. The molecule has 194 valence electrons. The highest BCUT2D eigenvalue weighted by molar-refractivity contribution is 5.97. The maximum absolute atomic E-state index is 15.2. The number of anilines is 1. The van der Waals surface area contributed by atoms with Gasteiger partial charge in [0.15, 0.2) is 11.6 Å². The molecule has 1 amide bonds. The molecular formula is C27H27FN8O2. The summed E-state index contributed by atoms with van der Waals surface area (Å²) in [6.45, 7) is 7.25. The van der Waals surface area contributed by atoms with Gasteiger partial charge >= 0.3 is 0 Å². The summed E-state index contributed by atoms with van der Waals surface area (Å²) in [6, 6.07) is 8.67. The molecule has 4 heterocycles. The molecular weight excluding hydrogens is 487 g/mol. The van der Waals surface area contributed by atoms with E-state index in [1.165, 1.54) is 10.6 Å². The number of nitrogens with one attached hydrogen (secondary N) is 2. The van der Waals surface area contributed by atoms with E-state index in [2.05, 4.69) is 25.2 Å². The third-order valence-electron chi connectivity index (χ3n) is 7.13. The summed E-state index contributed by atoms with van der Waals surface area (Å²) in [5.41, 5.74) is 5.06. The second-order valence-electron chi connectivity index (χ2n) is 9.69. The molecule has 1 aliphatic heterocycles. The van der Waals surface area contributed by atoms with Crippen LogP contribution >= 0.6 is 0 Å². The Balaban J connectivity index is 1.21. The summed E-state index contributed by atoms with van der Waals surface area (Å²) in [6.07, 6.45) is 1.57. The highest BCUT2D eigenvalue weighted by Crippen LogP contribution is 2.24. The van der Waals surface area contributed by atoms with Gasteiger partial charge in [-0.25, -0.2) is 18.9 Å². The van der Waals surface area contributed by atoms with E-state index in [0.29, 0.717) is 34.2 Å². The Morgan fingerprint density at radius 2 is 1.84 bits per heavy atom. The van der Waals surface area contributed by atoms with Crippen molar-refractivity contribution in [1.82, 2.24) is 34.8 Å². The van der Waals surface area contributed by atoms with Gasteiger partial charge in [0, 0.05) is 50.9 Å². The first-order valence-corrected chi connectivity index (χ1v) is 12.5. The van der Waals surface area contributed by atoms with Crippen LogP contribution in [-0.4, -0.2) is 68.6 Å². The summed E-state index contributed by atoms with van der Waals surface area (Å²) in [5.74, 6) is 0.223. The lowest BCUT2D eigenvalue weighted by atomic mass is 10.1. The van der Waals surface area contributed by atoms with Crippen molar-refractivity contribution in [3.63, 3.8) is 0 Å². The lowest BCUT2D eigenvalue weighted by Gasteiger charge is -2.36. The zero-order valence-corrected chi connectivity index (χ0v) is 21.4. The van der Waals surface area contributed by atoms with Crippen LogP contribution in [0.5, 0.6) is 0 Å². The standard InChI is InChI=1S/C27H27FN8O2/c1-15-13-30-36-23(15)27(38)33-22-11-17(10-19(28)24(22)36)14-34-6-8-35(9-7-34)25-16(2)31-20-5-4-18(26(37)29-3)12-21(20)32-25/h4-5,10-13H,6-9,14H2,1-3H3,(H,29,37)(H,33,38). The average Bonchev–Trinajstić information content (AvgIpc) is 3.29. The van der Waals surface area contributed by atoms with Gasteiger partial charge in [-0.3, -0.25) is 14.5 Å². The fourth-order valence-electron chi connectivity index (χ4n) is 5.21. The van der Waals surface area contributed by atoms with Gasteiger partial charge < -0.3 is 15.2 Å². The number of nitrogens with zero attached hydrogens (tertiary/aromatic N) is 6. The summed E-state index contributed by atoms with van der Waals surface area (Å²) in [7, 11) is 1.60. The fourth-order valence-corrected chi connectivity index (χ4v) is 5.21. The van der Waals surface area contributed by atoms with Crippen molar-refractivity contribution in [3.8, 4) is 0 Å². The zero-order chi connectivity index (χ0) is 26.6. The summed E-state index contributed by atoms with van der Waals surface area (Å²) >= 11 is 0. The van der Waals surface area contributed by atoms with Gasteiger partial charge in [-0.15, -0.1) is 0 Å². The van der Waals surface area contributed by atoms with Crippen molar-refractivity contribution in [2.45, 2.75) is 20.4 Å². The number of fused-ring (bicyclic) bond motifs is 4. The van der Waals surface area contributed by atoms with E-state index in [9.17, 15) is 9.59 Å². The van der Waals surface area contributed by atoms with Crippen LogP contribution in [0.2, 0.25) is 0 Å². The van der Waals surface area contributed by atoms with Crippen LogP contribution in [0.15, 0.2) is 41.3 Å². The van der Waals surface area contributed by atoms with Gasteiger partial charge in [0.1, 0.15) is 11.0 Å². The lowest BCUT2D eigenvalue weighted by Crippen LogP contribution is -2.46. The third kappa shape index (κ3) is 4.04. The second kappa shape index (κ2) is 9.18. The quantitative estimate of drug-likeness (QED) is 0.379. The monoisotopic (exact) mass is 514 g/mol. The highest BCUT2D eigenvalue weighted by Gasteiger charge is 2.22. The third-order valence-corrected chi connectivity index (χ3v) is 7.13. The summed E-state index contributed by atoms with van der Waals surface area (Å²) < 4.78 is 16.6.